The van der Waals surface area contributed by atoms with Crippen LogP contribution in [0, 0.1) is 17.7 Å². The number of ether oxygens (including phenoxy) is 1. The Hall–Kier alpha value is -3.59. The van der Waals surface area contributed by atoms with E-state index in [4.69, 9.17) is 4.74 Å². The van der Waals surface area contributed by atoms with Crippen LogP contribution >= 0.6 is 0 Å². The van der Waals surface area contributed by atoms with Crippen molar-refractivity contribution in [2.75, 3.05) is 6.61 Å². The molecule has 2 aromatic rings. The smallest absolute Gasteiger partial charge is 0.251 e. The van der Waals surface area contributed by atoms with Gasteiger partial charge in [-0.1, -0.05) is 58.0 Å². The number of carbonyl (C=O) groups is 4. The molecule has 0 aliphatic carbocycles. The fourth-order valence-electron chi connectivity index (χ4n) is 4.52. The number of amides is 3. The highest BCUT2D eigenvalue weighted by atomic mass is 19.1. The standard InChI is InChI=1S/C31H40FN3O5/c1-19(2)15-25(28(37)31(5)18-40-31)35-30(39)26(16-20(3)4)33-27(36)17-24(21-9-7-6-8-10-21)34-29(38)22-11-13-23(32)14-12-22/h6-14,19-20,24-26H,15-18H2,1-5H3,(H,33,36)(H,34,38)(H,35,39)/t24?,25-,26-,31+/m0/s1. The first-order valence-electron chi connectivity index (χ1n) is 13.8. The van der Waals surface area contributed by atoms with Gasteiger partial charge in [-0.05, 0) is 61.4 Å². The van der Waals surface area contributed by atoms with Crippen molar-refractivity contribution in [2.24, 2.45) is 11.8 Å². The summed E-state index contributed by atoms with van der Waals surface area (Å²) in [6.07, 6.45) is 0.697. The van der Waals surface area contributed by atoms with E-state index in [1.165, 1.54) is 24.3 Å². The van der Waals surface area contributed by atoms with Crippen LogP contribution in [-0.2, 0) is 19.1 Å². The highest BCUT2D eigenvalue weighted by Gasteiger charge is 2.50. The maximum Gasteiger partial charge on any atom is 0.251 e. The number of carbonyl (C=O) groups excluding carboxylic acids is 4. The Bertz CT molecular complexity index is 1180. The molecule has 4 atom stereocenters. The fraction of sp³-hybridized carbons (Fsp3) is 0.484. The molecule has 1 fully saturated rings. The van der Waals surface area contributed by atoms with Gasteiger partial charge in [-0.3, -0.25) is 19.2 Å². The molecule has 3 amide bonds. The quantitative estimate of drug-likeness (QED) is 0.305. The molecule has 40 heavy (non-hydrogen) atoms. The molecule has 1 saturated heterocycles. The van der Waals surface area contributed by atoms with Gasteiger partial charge in [0.25, 0.3) is 5.91 Å². The Morgan fingerprint density at radius 2 is 1.43 bits per heavy atom. The molecule has 0 radical (unpaired) electrons. The number of rotatable bonds is 14. The third kappa shape index (κ3) is 8.98. The topological polar surface area (TPSA) is 117 Å². The first-order chi connectivity index (χ1) is 18.9. The Morgan fingerprint density at radius 3 is 1.98 bits per heavy atom. The van der Waals surface area contributed by atoms with Gasteiger partial charge in [0.05, 0.1) is 25.1 Å². The van der Waals surface area contributed by atoms with Crippen molar-refractivity contribution in [3.05, 3.63) is 71.5 Å². The van der Waals surface area contributed by atoms with Crippen LogP contribution in [-0.4, -0.2) is 47.8 Å². The average Bonchev–Trinajstić information content (AvgIpc) is 3.65. The lowest BCUT2D eigenvalue weighted by molar-refractivity contribution is -0.133. The van der Waals surface area contributed by atoms with Crippen molar-refractivity contribution < 1.29 is 28.3 Å². The molecule has 3 rings (SSSR count). The second kappa shape index (κ2) is 13.7. The van der Waals surface area contributed by atoms with Crippen LogP contribution in [0.3, 0.4) is 0 Å². The zero-order valence-electron chi connectivity index (χ0n) is 23.8. The largest absolute Gasteiger partial charge is 0.361 e. The van der Waals surface area contributed by atoms with Crippen LogP contribution in [0.25, 0.3) is 0 Å². The van der Waals surface area contributed by atoms with Gasteiger partial charge in [-0.2, -0.15) is 0 Å². The van der Waals surface area contributed by atoms with E-state index >= 15 is 0 Å². The predicted octanol–water partition coefficient (Wildman–Crippen LogP) is 4.11. The van der Waals surface area contributed by atoms with Crippen molar-refractivity contribution in [1.29, 1.82) is 0 Å². The second-order valence-electron chi connectivity index (χ2n) is 11.5. The van der Waals surface area contributed by atoms with Gasteiger partial charge < -0.3 is 20.7 Å². The number of epoxide rings is 1. The number of Topliss-reactive ketones (excluding diaryl/α,β-unsaturated/α-hetero) is 1. The SMILES string of the molecule is CC(C)C[C@H](NC(=O)CC(NC(=O)c1ccc(F)cc1)c1ccccc1)C(=O)N[C@@H](CC(C)C)C(=O)[C@@]1(C)CO1. The van der Waals surface area contributed by atoms with E-state index in [9.17, 15) is 23.6 Å². The molecule has 1 aliphatic rings. The molecule has 0 saturated carbocycles. The predicted molar refractivity (Wildman–Crippen MR) is 150 cm³/mol. The number of hydrogen-bond acceptors (Lipinski definition) is 5. The highest BCUT2D eigenvalue weighted by Crippen LogP contribution is 2.29. The number of hydrogen-bond donors (Lipinski definition) is 3. The molecule has 0 spiro atoms. The van der Waals surface area contributed by atoms with Gasteiger partial charge >= 0.3 is 0 Å². The molecular weight excluding hydrogens is 513 g/mol. The fourth-order valence-corrected chi connectivity index (χ4v) is 4.52. The van der Waals surface area contributed by atoms with Gasteiger partial charge in [-0.15, -0.1) is 0 Å². The number of nitrogens with one attached hydrogen (secondary N) is 3. The molecule has 1 unspecified atom stereocenters. The van der Waals surface area contributed by atoms with E-state index in [0.29, 0.717) is 25.0 Å². The van der Waals surface area contributed by atoms with Crippen LogP contribution < -0.4 is 16.0 Å². The normalized spacial score (nSPS) is 18.5. The molecule has 1 heterocycles. The van der Waals surface area contributed by atoms with E-state index < -0.39 is 47.3 Å². The third-order valence-electron chi connectivity index (χ3n) is 6.80. The van der Waals surface area contributed by atoms with E-state index in [0.717, 1.165) is 0 Å². The molecule has 9 heteroatoms. The Labute approximate surface area is 235 Å². The molecule has 216 valence electrons. The summed E-state index contributed by atoms with van der Waals surface area (Å²) >= 11 is 0. The van der Waals surface area contributed by atoms with Gasteiger partial charge in [0.2, 0.25) is 11.8 Å². The maximum absolute atomic E-state index is 13.4. The lowest BCUT2D eigenvalue weighted by Gasteiger charge is -2.26. The molecular formula is C31H40FN3O5. The van der Waals surface area contributed by atoms with Crippen molar-refractivity contribution in [3.8, 4) is 0 Å². The minimum atomic E-state index is -0.880. The van der Waals surface area contributed by atoms with Gasteiger partial charge in [0.1, 0.15) is 17.5 Å². The summed E-state index contributed by atoms with van der Waals surface area (Å²) in [6, 6.07) is 11.9. The Morgan fingerprint density at radius 1 is 0.850 bits per heavy atom. The van der Waals surface area contributed by atoms with Crippen molar-refractivity contribution in [1.82, 2.24) is 16.0 Å². The number of halogens is 1. The summed E-state index contributed by atoms with van der Waals surface area (Å²) in [5, 5.41) is 8.55. The maximum atomic E-state index is 13.4. The lowest BCUT2D eigenvalue weighted by Crippen LogP contribution is -2.54. The van der Waals surface area contributed by atoms with E-state index in [1.54, 1.807) is 31.2 Å². The van der Waals surface area contributed by atoms with Gasteiger partial charge in [0.15, 0.2) is 5.78 Å². The van der Waals surface area contributed by atoms with E-state index in [1.807, 2.05) is 33.8 Å². The van der Waals surface area contributed by atoms with E-state index in [-0.39, 0.29) is 29.6 Å². The molecule has 0 bridgehead atoms. The zero-order valence-corrected chi connectivity index (χ0v) is 23.8. The van der Waals surface area contributed by atoms with Crippen LogP contribution in [0.15, 0.2) is 54.6 Å². The van der Waals surface area contributed by atoms with Crippen LogP contribution in [0.1, 0.15) is 75.8 Å². The van der Waals surface area contributed by atoms with Crippen molar-refractivity contribution in [2.45, 2.75) is 77.6 Å². The van der Waals surface area contributed by atoms with E-state index in [2.05, 4.69) is 16.0 Å². The first-order valence-corrected chi connectivity index (χ1v) is 13.8. The monoisotopic (exact) mass is 553 g/mol. The molecule has 8 nitrogen and oxygen atoms in total. The summed E-state index contributed by atoms with van der Waals surface area (Å²) in [6.45, 7) is 9.87. The number of ketones is 1. The summed E-state index contributed by atoms with van der Waals surface area (Å²) in [4.78, 5) is 52.6. The van der Waals surface area contributed by atoms with Crippen molar-refractivity contribution >= 4 is 23.5 Å². The summed E-state index contributed by atoms with van der Waals surface area (Å²) in [5.74, 6) is -1.70. The summed E-state index contributed by atoms with van der Waals surface area (Å²) in [5.41, 5.74) is 0.0853. The zero-order chi connectivity index (χ0) is 29.4. The number of benzene rings is 2. The molecule has 0 aromatic heterocycles. The third-order valence-corrected chi connectivity index (χ3v) is 6.80. The van der Waals surface area contributed by atoms with Crippen LogP contribution in [0.5, 0.6) is 0 Å². The Kier molecular flexibility index (Phi) is 10.6. The van der Waals surface area contributed by atoms with Crippen LogP contribution in [0.4, 0.5) is 4.39 Å². The average molecular weight is 554 g/mol. The summed E-state index contributed by atoms with van der Waals surface area (Å²) < 4.78 is 18.7. The van der Waals surface area contributed by atoms with Gasteiger partial charge in [-0.25, -0.2) is 4.39 Å². The Balaban J connectivity index is 1.73. The molecule has 2 aromatic carbocycles. The summed E-state index contributed by atoms with van der Waals surface area (Å²) in [7, 11) is 0. The lowest BCUT2D eigenvalue weighted by atomic mass is 9.92. The van der Waals surface area contributed by atoms with Crippen molar-refractivity contribution in [3.63, 3.8) is 0 Å². The molecule has 3 N–H and O–H groups in total. The van der Waals surface area contributed by atoms with Gasteiger partial charge in [0, 0.05) is 5.56 Å². The minimum absolute atomic E-state index is 0.0858. The van der Waals surface area contributed by atoms with Crippen LogP contribution in [0.2, 0.25) is 0 Å². The first kappa shape index (κ1) is 30.9. The highest BCUT2D eigenvalue weighted by molar-refractivity contribution is 5.98. The molecule has 1 aliphatic heterocycles. The minimum Gasteiger partial charge on any atom is -0.361 e. The second-order valence-corrected chi connectivity index (χ2v) is 11.5.